The zero-order valence-corrected chi connectivity index (χ0v) is 12.8. The van der Waals surface area contributed by atoms with Gasteiger partial charge in [-0.15, -0.1) is 0 Å². The fourth-order valence-electron chi connectivity index (χ4n) is 2.62. The summed E-state index contributed by atoms with van der Waals surface area (Å²) >= 11 is 0. The largest absolute Gasteiger partial charge is 0.360 e. The Balaban J connectivity index is 1.47. The van der Waals surface area contributed by atoms with Gasteiger partial charge in [-0.2, -0.15) is 0 Å². The highest BCUT2D eigenvalue weighted by atomic mass is 16.5. The molecule has 0 bridgehead atoms. The van der Waals surface area contributed by atoms with Crippen molar-refractivity contribution in [2.45, 2.75) is 58.7 Å². The van der Waals surface area contributed by atoms with Crippen molar-refractivity contribution in [1.82, 2.24) is 15.4 Å². The highest BCUT2D eigenvalue weighted by molar-refractivity contribution is 5.06. The summed E-state index contributed by atoms with van der Waals surface area (Å²) in [7, 11) is 0. The summed E-state index contributed by atoms with van der Waals surface area (Å²) in [5.41, 5.74) is 1.03. The number of rotatable bonds is 9. The average molecular weight is 277 g/mol. The Morgan fingerprint density at radius 1 is 1.35 bits per heavy atom. The molecule has 0 unspecified atom stereocenters. The van der Waals surface area contributed by atoms with E-state index in [2.05, 4.69) is 35.3 Å². The van der Waals surface area contributed by atoms with Crippen LogP contribution in [0.15, 0.2) is 10.6 Å². The molecule has 2 fully saturated rings. The third-order valence-electron chi connectivity index (χ3n) is 4.08. The molecule has 4 heteroatoms. The van der Waals surface area contributed by atoms with E-state index in [9.17, 15) is 0 Å². The third kappa shape index (κ3) is 4.32. The first kappa shape index (κ1) is 14.1. The average Bonchev–Trinajstić information content (AvgIpc) is 3.29. The number of hydrogen-bond donors (Lipinski definition) is 1. The monoisotopic (exact) mass is 277 g/mol. The molecule has 0 atom stereocenters. The minimum Gasteiger partial charge on any atom is -0.360 e. The topological polar surface area (TPSA) is 41.3 Å². The van der Waals surface area contributed by atoms with Crippen LogP contribution in [0.3, 0.4) is 0 Å². The second-order valence-corrected chi connectivity index (χ2v) is 6.91. The van der Waals surface area contributed by atoms with E-state index in [1.165, 1.54) is 32.2 Å². The van der Waals surface area contributed by atoms with E-state index in [0.29, 0.717) is 5.92 Å². The highest BCUT2D eigenvalue weighted by Gasteiger charge is 2.34. The summed E-state index contributed by atoms with van der Waals surface area (Å²) in [5, 5.41) is 7.59. The van der Waals surface area contributed by atoms with Gasteiger partial charge in [-0.05, 0) is 44.1 Å². The van der Waals surface area contributed by atoms with Gasteiger partial charge < -0.3 is 9.84 Å². The Morgan fingerprint density at radius 2 is 2.15 bits per heavy atom. The standard InChI is InChI=1S/C16H27N3O/c1-12(2)8-17-9-14-7-16(20-18-14)11-19(15-5-6-15)10-13-3-4-13/h7,12-13,15,17H,3-6,8-11H2,1-2H3. The smallest absolute Gasteiger partial charge is 0.151 e. The van der Waals surface area contributed by atoms with Gasteiger partial charge in [0.2, 0.25) is 0 Å². The van der Waals surface area contributed by atoms with E-state index in [-0.39, 0.29) is 0 Å². The van der Waals surface area contributed by atoms with Crippen LogP contribution in [0, 0.1) is 11.8 Å². The quantitative estimate of drug-likeness (QED) is 0.753. The van der Waals surface area contributed by atoms with Crippen molar-refractivity contribution in [3.8, 4) is 0 Å². The molecule has 2 saturated carbocycles. The van der Waals surface area contributed by atoms with E-state index in [1.807, 2.05) is 0 Å². The van der Waals surface area contributed by atoms with Crippen LogP contribution in [0.25, 0.3) is 0 Å². The van der Waals surface area contributed by atoms with E-state index in [0.717, 1.165) is 43.0 Å². The maximum atomic E-state index is 5.50. The van der Waals surface area contributed by atoms with Crippen LogP contribution in [0.2, 0.25) is 0 Å². The lowest BCUT2D eigenvalue weighted by Gasteiger charge is -2.19. The predicted molar refractivity (Wildman–Crippen MR) is 79.2 cm³/mol. The van der Waals surface area contributed by atoms with Crippen molar-refractivity contribution in [3.05, 3.63) is 17.5 Å². The molecule has 1 N–H and O–H groups in total. The summed E-state index contributed by atoms with van der Waals surface area (Å²) in [5.74, 6) is 2.65. The molecule has 0 spiro atoms. The van der Waals surface area contributed by atoms with Gasteiger partial charge in [0.15, 0.2) is 5.76 Å². The van der Waals surface area contributed by atoms with Crippen LogP contribution in [0.4, 0.5) is 0 Å². The Hall–Kier alpha value is -0.870. The maximum absolute atomic E-state index is 5.50. The first-order chi connectivity index (χ1) is 9.70. The SMILES string of the molecule is CC(C)CNCc1cc(CN(CC2CC2)C2CC2)on1. The fourth-order valence-corrected chi connectivity index (χ4v) is 2.62. The van der Waals surface area contributed by atoms with Gasteiger partial charge >= 0.3 is 0 Å². The number of nitrogens with zero attached hydrogens (tertiary/aromatic N) is 2. The molecule has 4 nitrogen and oxygen atoms in total. The van der Waals surface area contributed by atoms with Gasteiger partial charge in [-0.25, -0.2) is 0 Å². The molecule has 0 saturated heterocycles. The molecule has 112 valence electrons. The molecular weight excluding hydrogens is 250 g/mol. The lowest BCUT2D eigenvalue weighted by atomic mass is 10.2. The van der Waals surface area contributed by atoms with Crippen LogP contribution in [0.5, 0.6) is 0 Å². The molecule has 0 amide bonds. The summed E-state index contributed by atoms with van der Waals surface area (Å²) in [6.45, 7) is 8.47. The van der Waals surface area contributed by atoms with Crippen LogP contribution >= 0.6 is 0 Å². The molecule has 3 rings (SSSR count). The fraction of sp³-hybridized carbons (Fsp3) is 0.812. The zero-order valence-electron chi connectivity index (χ0n) is 12.8. The summed E-state index contributed by atoms with van der Waals surface area (Å²) in [6, 6.07) is 2.93. The van der Waals surface area contributed by atoms with Gasteiger partial charge in [-0.3, -0.25) is 4.90 Å². The van der Waals surface area contributed by atoms with Crippen LogP contribution in [-0.2, 0) is 13.1 Å². The summed E-state index contributed by atoms with van der Waals surface area (Å²) < 4.78 is 5.50. The van der Waals surface area contributed by atoms with Crippen molar-refractivity contribution >= 4 is 0 Å². The zero-order chi connectivity index (χ0) is 13.9. The maximum Gasteiger partial charge on any atom is 0.151 e. The lowest BCUT2D eigenvalue weighted by molar-refractivity contribution is 0.213. The molecule has 0 aromatic carbocycles. The molecule has 1 aromatic rings. The summed E-state index contributed by atoms with van der Waals surface area (Å²) in [4.78, 5) is 2.60. The van der Waals surface area contributed by atoms with E-state index in [4.69, 9.17) is 4.52 Å². The number of aromatic nitrogens is 1. The predicted octanol–water partition coefficient (Wildman–Crippen LogP) is 2.79. The Kier molecular flexibility index (Phi) is 4.41. The van der Waals surface area contributed by atoms with Gasteiger partial charge in [0, 0.05) is 25.2 Å². The second kappa shape index (κ2) is 6.27. The van der Waals surface area contributed by atoms with Crippen LogP contribution in [-0.4, -0.2) is 29.2 Å². The molecule has 0 radical (unpaired) electrons. The minimum atomic E-state index is 0.672. The second-order valence-electron chi connectivity index (χ2n) is 6.91. The van der Waals surface area contributed by atoms with Gasteiger partial charge in [-0.1, -0.05) is 19.0 Å². The van der Waals surface area contributed by atoms with Crippen molar-refractivity contribution < 1.29 is 4.52 Å². The van der Waals surface area contributed by atoms with Crippen molar-refractivity contribution in [2.24, 2.45) is 11.8 Å². The number of nitrogens with one attached hydrogen (secondary N) is 1. The van der Waals surface area contributed by atoms with Crippen molar-refractivity contribution in [1.29, 1.82) is 0 Å². The summed E-state index contributed by atoms with van der Waals surface area (Å²) in [6.07, 6.45) is 5.57. The molecule has 20 heavy (non-hydrogen) atoms. The molecule has 2 aliphatic rings. The molecular formula is C16H27N3O. The third-order valence-corrected chi connectivity index (χ3v) is 4.08. The van der Waals surface area contributed by atoms with E-state index in [1.54, 1.807) is 0 Å². The first-order valence-electron chi connectivity index (χ1n) is 8.10. The number of hydrogen-bond acceptors (Lipinski definition) is 4. The lowest BCUT2D eigenvalue weighted by Crippen LogP contribution is -2.27. The van der Waals surface area contributed by atoms with Crippen molar-refractivity contribution in [2.75, 3.05) is 13.1 Å². The Bertz CT molecular complexity index is 421. The first-order valence-corrected chi connectivity index (χ1v) is 8.10. The normalized spacial score (nSPS) is 19.2. The van der Waals surface area contributed by atoms with E-state index < -0.39 is 0 Å². The van der Waals surface area contributed by atoms with Crippen molar-refractivity contribution in [3.63, 3.8) is 0 Å². The van der Waals surface area contributed by atoms with Gasteiger partial charge in [0.25, 0.3) is 0 Å². The molecule has 0 aliphatic heterocycles. The Labute approximate surface area is 121 Å². The van der Waals surface area contributed by atoms with Gasteiger partial charge in [0.1, 0.15) is 0 Å². The highest BCUT2D eigenvalue weighted by Crippen LogP contribution is 2.35. The van der Waals surface area contributed by atoms with Crippen LogP contribution < -0.4 is 5.32 Å². The van der Waals surface area contributed by atoms with Crippen LogP contribution in [0.1, 0.15) is 51.0 Å². The van der Waals surface area contributed by atoms with Gasteiger partial charge in [0.05, 0.1) is 12.2 Å². The minimum absolute atomic E-state index is 0.672. The molecule has 1 heterocycles. The molecule has 2 aliphatic carbocycles. The Morgan fingerprint density at radius 3 is 2.80 bits per heavy atom. The van der Waals surface area contributed by atoms with E-state index >= 15 is 0 Å². The molecule has 1 aromatic heterocycles.